The van der Waals surface area contributed by atoms with Gasteiger partial charge in [-0.1, -0.05) is 20.1 Å². The molecule has 2 aliphatic carbocycles. The summed E-state index contributed by atoms with van der Waals surface area (Å²) in [6.07, 6.45) is 4.97. The molecule has 5 heteroatoms. The summed E-state index contributed by atoms with van der Waals surface area (Å²) in [5.74, 6) is -0.104. The third-order valence-electron chi connectivity index (χ3n) is 7.17. The third-order valence-corrected chi connectivity index (χ3v) is 7.17. The largest absolute Gasteiger partial charge is 0.458 e. The normalized spacial score (nSPS) is 32.5. The second kappa shape index (κ2) is 9.03. The van der Waals surface area contributed by atoms with E-state index in [1.54, 1.807) is 0 Å². The molecule has 0 aromatic carbocycles. The zero-order valence-electron chi connectivity index (χ0n) is 18.8. The molecule has 0 spiro atoms. The maximum atomic E-state index is 11.5. The summed E-state index contributed by atoms with van der Waals surface area (Å²) in [5, 5.41) is 11.4. The molecule has 1 N–H and O–H groups in total. The molecule has 2 saturated carbocycles. The minimum absolute atomic E-state index is 0.0118. The van der Waals surface area contributed by atoms with Crippen molar-refractivity contribution in [3.05, 3.63) is 24.3 Å². The molecule has 0 bridgehead atoms. The third kappa shape index (κ3) is 5.71. The van der Waals surface area contributed by atoms with Crippen LogP contribution in [-0.4, -0.2) is 34.9 Å². The van der Waals surface area contributed by atoms with Crippen LogP contribution < -0.4 is 0 Å². The van der Waals surface area contributed by atoms with E-state index in [-0.39, 0.29) is 35.5 Å². The zero-order chi connectivity index (χ0) is 22.0. The van der Waals surface area contributed by atoms with Gasteiger partial charge in [-0.25, -0.2) is 0 Å². The lowest BCUT2D eigenvalue weighted by Crippen LogP contribution is -2.41. The minimum atomic E-state index is -0.862. The van der Waals surface area contributed by atoms with Gasteiger partial charge in [0.15, 0.2) is 0 Å². The summed E-state index contributed by atoms with van der Waals surface area (Å²) in [6.45, 7) is 17.0. The summed E-state index contributed by atoms with van der Waals surface area (Å²) in [7, 11) is 0. The Morgan fingerprint density at radius 3 is 2.48 bits per heavy atom. The molecule has 6 atom stereocenters. The molecule has 2 rings (SSSR count). The molecule has 5 nitrogen and oxygen atoms in total. The molecular formula is C24H38O5. The maximum Gasteiger partial charge on any atom is 0.303 e. The first-order chi connectivity index (χ1) is 13.4. The van der Waals surface area contributed by atoms with Crippen LogP contribution in [0.2, 0.25) is 0 Å². The number of carbonyl (C=O) groups is 2. The monoisotopic (exact) mass is 406 g/mol. The molecule has 0 heterocycles. The highest BCUT2D eigenvalue weighted by atomic mass is 16.5. The van der Waals surface area contributed by atoms with Gasteiger partial charge in [-0.05, 0) is 87.2 Å². The number of esters is 2. The molecular weight excluding hydrogens is 368 g/mol. The summed E-state index contributed by atoms with van der Waals surface area (Å²) in [5.41, 5.74) is 0.921. The Hall–Kier alpha value is -1.62. The fraction of sp³-hybridized carbons (Fsp3) is 0.750. The molecule has 0 aromatic rings. The molecule has 2 aliphatic rings. The van der Waals surface area contributed by atoms with Gasteiger partial charge in [0, 0.05) is 13.8 Å². The van der Waals surface area contributed by atoms with Crippen molar-refractivity contribution < 1.29 is 24.2 Å². The lowest BCUT2D eigenvalue weighted by molar-refractivity contribution is -0.146. The van der Waals surface area contributed by atoms with Gasteiger partial charge in [0.05, 0.1) is 5.60 Å². The zero-order valence-corrected chi connectivity index (χ0v) is 18.8. The lowest BCUT2D eigenvalue weighted by Gasteiger charge is -2.40. The Labute approximate surface area is 175 Å². The van der Waals surface area contributed by atoms with Gasteiger partial charge in [-0.2, -0.15) is 0 Å². The van der Waals surface area contributed by atoms with Gasteiger partial charge in [0.2, 0.25) is 0 Å². The number of carbonyl (C=O) groups excluding carboxylic acids is 2. The standard InChI is InChI=1S/C24H38O5/c1-15(2)21(28-17(4)25)11-13-24(7,27)20-10-12-23(6)14-22(29-18(5)26)16(3)8-9-19(20)23/h19-22,27H,1,3,8-14H2,2,4-7H3. The summed E-state index contributed by atoms with van der Waals surface area (Å²) in [4.78, 5) is 22.9. The molecule has 0 amide bonds. The topological polar surface area (TPSA) is 72.8 Å². The second-order valence-corrected chi connectivity index (χ2v) is 9.75. The molecule has 0 aliphatic heterocycles. The highest BCUT2D eigenvalue weighted by molar-refractivity contribution is 5.66. The fourth-order valence-electron chi connectivity index (χ4n) is 5.52. The van der Waals surface area contributed by atoms with E-state index in [2.05, 4.69) is 20.1 Å². The number of ether oxygens (including phenoxy) is 2. The Morgan fingerprint density at radius 1 is 1.28 bits per heavy atom. The first-order valence-corrected chi connectivity index (χ1v) is 10.8. The Morgan fingerprint density at radius 2 is 1.93 bits per heavy atom. The fourth-order valence-corrected chi connectivity index (χ4v) is 5.52. The average Bonchev–Trinajstić information content (AvgIpc) is 2.86. The summed E-state index contributed by atoms with van der Waals surface area (Å²) >= 11 is 0. The van der Waals surface area contributed by atoms with Crippen molar-refractivity contribution in [1.82, 2.24) is 0 Å². The van der Waals surface area contributed by atoms with Crippen LogP contribution in [-0.2, 0) is 19.1 Å². The molecule has 0 saturated heterocycles. The van der Waals surface area contributed by atoms with Crippen molar-refractivity contribution in [2.45, 2.75) is 97.4 Å². The van der Waals surface area contributed by atoms with E-state index < -0.39 is 5.60 Å². The van der Waals surface area contributed by atoms with E-state index in [0.717, 1.165) is 43.3 Å². The van der Waals surface area contributed by atoms with Crippen LogP contribution in [0.25, 0.3) is 0 Å². The Kier molecular flexibility index (Phi) is 7.37. The number of aliphatic hydroxyl groups is 1. The van der Waals surface area contributed by atoms with Crippen molar-refractivity contribution >= 4 is 11.9 Å². The van der Waals surface area contributed by atoms with Crippen LogP contribution >= 0.6 is 0 Å². The van der Waals surface area contributed by atoms with Gasteiger partial charge in [0.1, 0.15) is 12.2 Å². The molecule has 0 aromatic heterocycles. The number of hydrogen-bond donors (Lipinski definition) is 1. The van der Waals surface area contributed by atoms with Gasteiger partial charge in [0.25, 0.3) is 0 Å². The first-order valence-electron chi connectivity index (χ1n) is 10.8. The van der Waals surface area contributed by atoms with Gasteiger partial charge < -0.3 is 14.6 Å². The molecule has 29 heavy (non-hydrogen) atoms. The van der Waals surface area contributed by atoms with E-state index in [1.165, 1.54) is 13.8 Å². The van der Waals surface area contributed by atoms with Crippen molar-refractivity contribution in [2.24, 2.45) is 17.3 Å². The van der Waals surface area contributed by atoms with E-state index in [1.807, 2.05) is 13.8 Å². The molecule has 0 radical (unpaired) electrons. The summed E-state index contributed by atoms with van der Waals surface area (Å²) in [6, 6.07) is 0. The van der Waals surface area contributed by atoms with Crippen LogP contribution in [0.1, 0.15) is 79.6 Å². The van der Waals surface area contributed by atoms with Crippen molar-refractivity contribution in [3.63, 3.8) is 0 Å². The Bertz CT molecular complexity index is 664. The van der Waals surface area contributed by atoms with Crippen molar-refractivity contribution in [3.8, 4) is 0 Å². The summed E-state index contributed by atoms with van der Waals surface area (Å²) < 4.78 is 10.9. The number of rotatable bonds is 7. The second-order valence-electron chi connectivity index (χ2n) is 9.75. The van der Waals surface area contributed by atoms with Gasteiger partial charge in [-0.3, -0.25) is 9.59 Å². The van der Waals surface area contributed by atoms with E-state index >= 15 is 0 Å². The van der Waals surface area contributed by atoms with E-state index in [0.29, 0.717) is 18.8 Å². The van der Waals surface area contributed by atoms with Crippen LogP contribution in [0.3, 0.4) is 0 Å². The lowest BCUT2D eigenvalue weighted by atomic mass is 9.68. The quantitative estimate of drug-likeness (QED) is 0.489. The minimum Gasteiger partial charge on any atom is -0.458 e. The average molecular weight is 407 g/mol. The maximum absolute atomic E-state index is 11.5. The predicted molar refractivity (Wildman–Crippen MR) is 113 cm³/mol. The molecule has 2 fully saturated rings. The van der Waals surface area contributed by atoms with E-state index in [4.69, 9.17) is 9.47 Å². The highest BCUT2D eigenvalue weighted by Gasteiger charge is 2.53. The SMILES string of the molecule is C=C(C)C(CCC(C)(O)C1CCC2(C)CC(OC(C)=O)C(=C)CCC12)OC(C)=O. The van der Waals surface area contributed by atoms with E-state index in [9.17, 15) is 14.7 Å². The van der Waals surface area contributed by atoms with Crippen molar-refractivity contribution in [1.29, 1.82) is 0 Å². The van der Waals surface area contributed by atoms with Crippen molar-refractivity contribution in [2.75, 3.05) is 0 Å². The Balaban J connectivity index is 2.12. The smallest absolute Gasteiger partial charge is 0.303 e. The van der Waals surface area contributed by atoms with Gasteiger partial charge in [-0.15, -0.1) is 0 Å². The molecule has 6 unspecified atom stereocenters. The van der Waals surface area contributed by atoms with Crippen LogP contribution in [0.5, 0.6) is 0 Å². The van der Waals surface area contributed by atoms with Gasteiger partial charge >= 0.3 is 11.9 Å². The number of fused-ring (bicyclic) bond motifs is 1. The van der Waals surface area contributed by atoms with Crippen LogP contribution in [0.4, 0.5) is 0 Å². The predicted octanol–water partition coefficient (Wildman–Crippen LogP) is 4.73. The van der Waals surface area contributed by atoms with Crippen LogP contribution in [0, 0.1) is 17.3 Å². The van der Waals surface area contributed by atoms with Crippen LogP contribution in [0.15, 0.2) is 24.3 Å². The highest BCUT2D eigenvalue weighted by Crippen LogP contribution is 2.58. The first kappa shape index (κ1) is 23.7. The number of hydrogen-bond acceptors (Lipinski definition) is 5. The molecule has 164 valence electrons.